The van der Waals surface area contributed by atoms with Gasteiger partial charge in [-0.1, -0.05) is 31.2 Å². The van der Waals surface area contributed by atoms with E-state index in [2.05, 4.69) is 6.92 Å². The molecule has 0 bridgehead atoms. The summed E-state index contributed by atoms with van der Waals surface area (Å²) in [7, 11) is 0. The number of hydrogen-bond acceptors (Lipinski definition) is 2. The number of benzene rings is 2. The Bertz CT molecular complexity index is 1010. The molecule has 4 rings (SSSR count). The van der Waals surface area contributed by atoms with Gasteiger partial charge in [-0.2, -0.15) is 0 Å². The molecule has 3 aromatic rings. The number of carbonyl (C=O) groups excluding carboxylic acids is 2. The van der Waals surface area contributed by atoms with Crippen molar-refractivity contribution in [2.24, 2.45) is 5.92 Å². The molecule has 132 valence electrons. The normalized spacial score (nSPS) is 16.5. The SMILES string of the molecule is C[C@H]1Cc2ccc(F)cc2N(C(=O)Cn2cc(C=O)c3ccccc32)C1. The Morgan fingerprint density at radius 2 is 2.08 bits per heavy atom. The minimum Gasteiger partial charge on any atom is -0.337 e. The number of nitrogens with zero attached hydrogens (tertiary/aromatic N) is 2. The Labute approximate surface area is 150 Å². The van der Waals surface area contributed by atoms with E-state index in [4.69, 9.17) is 0 Å². The third kappa shape index (κ3) is 2.79. The fraction of sp³-hybridized carbons (Fsp3) is 0.238. The number of anilines is 1. The molecule has 0 fully saturated rings. The molecule has 0 spiro atoms. The summed E-state index contributed by atoms with van der Waals surface area (Å²) in [6.07, 6.45) is 3.34. The first kappa shape index (κ1) is 16.5. The van der Waals surface area contributed by atoms with Crippen molar-refractivity contribution >= 4 is 28.8 Å². The lowest BCUT2D eigenvalue weighted by Crippen LogP contribution is -2.41. The summed E-state index contributed by atoms with van der Waals surface area (Å²) in [6.45, 7) is 2.76. The molecule has 1 atom stereocenters. The second-order valence-electron chi connectivity index (χ2n) is 6.93. The van der Waals surface area contributed by atoms with Gasteiger partial charge in [0.05, 0.1) is 0 Å². The number of aromatic nitrogens is 1. The highest BCUT2D eigenvalue weighted by molar-refractivity contribution is 5.99. The van der Waals surface area contributed by atoms with E-state index >= 15 is 0 Å². The number of aldehydes is 1. The van der Waals surface area contributed by atoms with Crippen molar-refractivity contribution in [2.45, 2.75) is 19.9 Å². The maximum Gasteiger partial charge on any atom is 0.246 e. The molecule has 0 N–H and O–H groups in total. The number of carbonyl (C=O) groups is 2. The molecule has 0 saturated carbocycles. The number of fused-ring (bicyclic) bond motifs is 2. The molecule has 0 unspecified atom stereocenters. The minimum absolute atomic E-state index is 0.108. The van der Waals surface area contributed by atoms with Crippen LogP contribution in [-0.2, 0) is 17.8 Å². The van der Waals surface area contributed by atoms with Gasteiger partial charge in [0.25, 0.3) is 0 Å². The molecule has 1 amide bonds. The van der Waals surface area contributed by atoms with Crippen molar-refractivity contribution in [3.63, 3.8) is 0 Å². The summed E-state index contributed by atoms with van der Waals surface area (Å²) in [5, 5.41) is 0.828. The van der Waals surface area contributed by atoms with Gasteiger partial charge in [-0.05, 0) is 36.1 Å². The molecule has 2 aromatic carbocycles. The lowest BCUT2D eigenvalue weighted by molar-refractivity contribution is -0.119. The van der Waals surface area contributed by atoms with Crippen molar-refractivity contribution in [1.29, 1.82) is 0 Å². The smallest absolute Gasteiger partial charge is 0.246 e. The number of hydrogen-bond donors (Lipinski definition) is 0. The van der Waals surface area contributed by atoms with Crippen molar-refractivity contribution in [1.82, 2.24) is 4.57 Å². The van der Waals surface area contributed by atoms with Crippen LogP contribution in [-0.4, -0.2) is 23.3 Å². The summed E-state index contributed by atoms with van der Waals surface area (Å²) in [4.78, 5) is 26.0. The largest absolute Gasteiger partial charge is 0.337 e. The van der Waals surface area contributed by atoms with Crippen LogP contribution in [0.3, 0.4) is 0 Å². The van der Waals surface area contributed by atoms with E-state index in [0.717, 1.165) is 29.2 Å². The second-order valence-corrected chi connectivity index (χ2v) is 6.93. The Balaban J connectivity index is 1.70. The summed E-state index contributed by atoms with van der Waals surface area (Å²) in [6, 6.07) is 12.1. The van der Waals surface area contributed by atoms with E-state index in [1.165, 1.54) is 12.1 Å². The minimum atomic E-state index is -0.342. The lowest BCUT2D eigenvalue weighted by atomic mass is 9.93. The first-order valence-electron chi connectivity index (χ1n) is 8.68. The van der Waals surface area contributed by atoms with E-state index < -0.39 is 0 Å². The molecule has 1 aromatic heterocycles. The fourth-order valence-electron chi connectivity index (χ4n) is 3.78. The quantitative estimate of drug-likeness (QED) is 0.674. The van der Waals surface area contributed by atoms with Gasteiger partial charge in [0.1, 0.15) is 12.4 Å². The Morgan fingerprint density at radius 1 is 1.27 bits per heavy atom. The molecule has 1 aliphatic heterocycles. The molecular weight excluding hydrogens is 331 g/mol. The molecule has 0 radical (unpaired) electrons. The van der Waals surface area contributed by atoms with Crippen LogP contribution < -0.4 is 4.90 Å². The molecule has 5 heteroatoms. The van der Waals surface area contributed by atoms with E-state index in [1.807, 2.05) is 24.3 Å². The number of rotatable bonds is 3. The Kier molecular flexibility index (Phi) is 4.07. The maximum atomic E-state index is 13.7. The average molecular weight is 350 g/mol. The fourth-order valence-corrected chi connectivity index (χ4v) is 3.78. The Hall–Kier alpha value is -2.95. The third-order valence-corrected chi connectivity index (χ3v) is 4.95. The van der Waals surface area contributed by atoms with Crippen LogP contribution in [0.4, 0.5) is 10.1 Å². The van der Waals surface area contributed by atoms with E-state index in [1.54, 1.807) is 21.7 Å². The van der Waals surface area contributed by atoms with Crippen LogP contribution in [0.25, 0.3) is 10.9 Å². The van der Waals surface area contributed by atoms with Crippen LogP contribution in [0.2, 0.25) is 0 Å². The number of para-hydroxylation sites is 1. The molecule has 0 aliphatic carbocycles. The molecule has 26 heavy (non-hydrogen) atoms. The van der Waals surface area contributed by atoms with Crippen molar-refractivity contribution in [3.05, 3.63) is 65.6 Å². The molecular formula is C21H19FN2O2. The predicted molar refractivity (Wildman–Crippen MR) is 98.9 cm³/mol. The van der Waals surface area contributed by atoms with Gasteiger partial charge < -0.3 is 9.47 Å². The summed E-state index contributed by atoms with van der Waals surface area (Å²) in [5.74, 6) is -0.142. The Morgan fingerprint density at radius 3 is 2.88 bits per heavy atom. The zero-order chi connectivity index (χ0) is 18.3. The van der Waals surface area contributed by atoms with Gasteiger partial charge in [-0.3, -0.25) is 9.59 Å². The van der Waals surface area contributed by atoms with Crippen LogP contribution in [0.5, 0.6) is 0 Å². The van der Waals surface area contributed by atoms with E-state index in [0.29, 0.717) is 23.7 Å². The van der Waals surface area contributed by atoms with Crippen LogP contribution in [0.1, 0.15) is 22.8 Å². The summed E-state index contributed by atoms with van der Waals surface area (Å²) >= 11 is 0. The molecule has 4 nitrogen and oxygen atoms in total. The van der Waals surface area contributed by atoms with Gasteiger partial charge >= 0.3 is 0 Å². The third-order valence-electron chi connectivity index (χ3n) is 4.95. The highest BCUT2D eigenvalue weighted by Gasteiger charge is 2.27. The van der Waals surface area contributed by atoms with Gasteiger partial charge in [0, 0.05) is 34.9 Å². The number of halogens is 1. The molecule has 0 saturated heterocycles. The summed E-state index contributed by atoms with van der Waals surface area (Å²) in [5.41, 5.74) is 3.05. The van der Waals surface area contributed by atoms with E-state index in [-0.39, 0.29) is 18.3 Å². The van der Waals surface area contributed by atoms with Gasteiger partial charge in [-0.15, -0.1) is 0 Å². The van der Waals surface area contributed by atoms with Gasteiger partial charge in [0.15, 0.2) is 6.29 Å². The zero-order valence-corrected chi connectivity index (χ0v) is 14.5. The standard InChI is InChI=1S/C21H19FN2O2/c1-14-8-15-6-7-17(22)9-20(15)24(10-14)21(26)12-23-11-16(13-25)18-4-2-3-5-19(18)23/h2-7,9,11,13-14H,8,10,12H2,1H3/t14-/m0/s1. The van der Waals surface area contributed by atoms with Crippen LogP contribution in [0.15, 0.2) is 48.7 Å². The van der Waals surface area contributed by atoms with Crippen molar-refractivity contribution in [2.75, 3.05) is 11.4 Å². The second kappa shape index (κ2) is 6.41. The monoisotopic (exact) mass is 350 g/mol. The first-order chi connectivity index (χ1) is 12.6. The van der Waals surface area contributed by atoms with Gasteiger partial charge in [-0.25, -0.2) is 4.39 Å². The maximum absolute atomic E-state index is 13.7. The zero-order valence-electron chi connectivity index (χ0n) is 14.5. The topological polar surface area (TPSA) is 42.3 Å². The summed E-state index contributed by atoms with van der Waals surface area (Å²) < 4.78 is 15.5. The lowest BCUT2D eigenvalue weighted by Gasteiger charge is -2.33. The highest BCUT2D eigenvalue weighted by atomic mass is 19.1. The number of amides is 1. The van der Waals surface area contributed by atoms with Crippen LogP contribution in [0, 0.1) is 11.7 Å². The molecule has 1 aliphatic rings. The van der Waals surface area contributed by atoms with Gasteiger partial charge in [0.2, 0.25) is 5.91 Å². The first-order valence-corrected chi connectivity index (χ1v) is 8.68. The van der Waals surface area contributed by atoms with Crippen molar-refractivity contribution in [3.8, 4) is 0 Å². The predicted octanol–water partition coefficient (Wildman–Crippen LogP) is 3.82. The van der Waals surface area contributed by atoms with E-state index in [9.17, 15) is 14.0 Å². The van der Waals surface area contributed by atoms with Crippen molar-refractivity contribution < 1.29 is 14.0 Å². The average Bonchev–Trinajstić information content (AvgIpc) is 2.99. The highest BCUT2D eigenvalue weighted by Crippen LogP contribution is 2.31. The molecule has 2 heterocycles. The van der Waals surface area contributed by atoms with Crippen LogP contribution >= 0.6 is 0 Å².